The Morgan fingerprint density at radius 3 is 2.77 bits per heavy atom. The van der Waals surface area contributed by atoms with Crippen molar-refractivity contribution < 1.29 is 13.2 Å². The second kappa shape index (κ2) is 7.17. The fourth-order valence-corrected chi connectivity index (χ4v) is 4.77. The SMILES string of the molecule is C=CC(=O)N1CCS(=O)(=O)CC1c1cc(Cl)cc(-c2cc(C)ncn2)c1. The third kappa shape index (κ3) is 3.94. The van der Waals surface area contributed by atoms with E-state index in [1.807, 2.05) is 19.1 Å². The monoisotopic (exact) mass is 391 g/mol. The number of halogens is 1. The topological polar surface area (TPSA) is 80.2 Å². The highest BCUT2D eigenvalue weighted by Crippen LogP contribution is 2.32. The molecule has 1 aliphatic rings. The summed E-state index contributed by atoms with van der Waals surface area (Å²) in [6.07, 6.45) is 2.66. The van der Waals surface area contributed by atoms with E-state index in [1.165, 1.54) is 17.3 Å². The zero-order valence-corrected chi connectivity index (χ0v) is 15.8. The van der Waals surface area contributed by atoms with Gasteiger partial charge in [-0.25, -0.2) is 18.4 Å². The van der Waals surface area contributed by atoms with E-state index in [0.717, 1.165) is 11.3 Å². The molecule has 1 unspecified atom stereocenters. The highest BCUT2D eigenvalue weighted by molar-refractivity contribution is 7.91. The molecule has 1 aliphatic heterocycles. The maximum atomic E-state index is 12.2. The molecule has 0 N–H and O–H groups in total. The molecule has 6 nitrogen and oxygen atoms in total. The summed E-state index contributed by atoms with van der Waals surface area (Å²) in [5, 5.41) is 0.447. The molecule has 1 aromatic heterocycles. The Bertz CT molecular complexity index is 975. The van der Waals surface area contributed by atoms with Crippen molar-refractivity contribution in [2.45, 2.75) is 13.0 Å². The molecule has 2 heterocycles. The van der Waals surface area contributed by atoms with Crippen LogP contribution in [-0.4, -0.2) is 47.2 Å². The summed E-state index contributed by atoms with van der Waals surface area (Å²) in [7, 11) is -3.25. The number of carbonyl (C=O) groups excluding carboxylic acids is 1. The van der Waals surface area contributed by atoms with E-state index >= 15 is 0 Å². The Morgan fingerprint density at radius 2 is 2.08 bits per heavy atom. The summed E-state index contributed by atoms with van der Waals surface area (Å²) in [6.45, 7) is 5.50. The van der Waals surface area contributed by atoms with Crippen LogP contribution in [0.5, 0.6) is 0 Å². The first-order valence-corrected chi connectivity index (χ1v) is 10.2. The van der Waals surface area contributed by atoms with Gasteiger partial charge in [-0.1, -0.05) is 18.2 Å². The molecule has 26 heavy (non-hydrogen) atoms. The Kier molecular flexibility index (Phi) is 5.11. The van der Waals surface area contributed by atoms with Crippen molar-refractivity contribution in [1.29, 1.82) is 0 Å². The number of benzene rings is 1. The van der Waals surface area contributed by atoms with Gasteiger partial charge in [0.05, 0.1) is 23.2 Å². The first kappa shape index (κ1) is 18.5. The van der Waals surface area contributed by atoms with Gasteiger partial charge in [0.1, 0.15) is 6.33 Å². The van der Waals surface area contributed by atoms with Gasteiger partial charge in [0.25, 0.3) is 0 Å². The second-order valence-corrected chi connectivity index (χ2v) is 8.85. The van der Waals surface area contributed by atoms with Crippen LogP contribution in [0, 0.1) is 6.92 Å². The summed E-state index contributed by atoms with van der Waals surface area (Å²) >= 11 is 6.27. The molecule has 136 valence electrons. The zero-order chi connectivity index (χ0) is 18.9. The molecule has 1 amide bonds. The van der Waals surface area contributed by atoms with E-state index in [2.05, 4.69) is 16.5 Å². The molecule has 0 bridgehead atoms. The molecule has 8 heteroatoms. The largest absolute Gasteiger partial charge is 0.330 e. The van der Waals surface area contributed by atoms with Crippen LogP contribution in [0.2, 0.25) is 5.02 Å². The lowest BCUT2D eigenvalue weighted by Gasteiger charge is -2.35. The number of aryl methyl sites for hydroxylation is 1. The second-order valence-electron chi connectivity index (χ2n) is 6.18. The van der Waals surface area contributed by atoms with Crippen molar-refractivity contribution in [3.8, 4) is 11.3 Å². The highest BCUT2D eigenvalue weighted by Gasteiger charge is 2.34. The molecular weight excluding hydrogens is 374 g/mol. The number of sulfone groups is 1. The fourth-order valence-electron chi connectivity index (χ4n) is 3.03. The quantitative estimate of drug-likeness (QED) is 0.751. The first-order valence-electron chi connectivity index (χ1n) is 8.02. The minimum Gasteiger partial charge on any atom is -0.330 e. The normalized spacial score (nSPS) is 19.2. The van der Waals surface area contributed by atoms with E-state index in [4.69, 9.17) is 11.6 Å². The van der Waals surface area contributed by atoms with Crippen LogP contribution in [-0.2, 0) is 14.6 Å². The molecule has 1 atom stereocenters. The van der Waals surface area contributed by atoms with E-state index in [9.17, 15) is 13.2 Å². The lowest BCUT2D eigenvalue weighted by Crippen LogP contribution is -2.45. The maximum absolute atomic E-state index is 12.2. The number of hydrogen-bond acceptors (Lipinski definition) is 5. The molecule has 0 saturated carbocycles. The van der Waals surface area contributed by atoms with E-state index < -0.39 is 15.9 Å². The van der Waals surface area contributed by atoms with Crippen molar-refractivity contribution in [1.82, 2.24) is 14.9 Å². The number of amides is 1. The van der Waals surface area contributed by atoms with E-state index in [-0.39, 0.29) is 24.0 Å². The lowest BCUT2D eigenvalue weighted by atomic mass is 10.0. The molecule has 0 aliphatic carbocycles. The lowest BCUT2D eigenvalue weighted by molar-refractivity contribution is -0.127. The minimum atomic E-state index is -3.25. The summed E-state index contributed by atoms with van der Waals surface area (Å²) in [5.74, 6) is -0.499. The maximum Gasteiger partial charge on any atom is 0.246 e. The van der Waals surface area contributed by atoms with Crippen molar-refractivity contribution in [3.63, 3.8) is 0 Å². The van der Waals surface area contributed by atoms with Gasteiger partial charge < -0.3 is 4.90 Å². The molecule has 0 radical (unpaired) electrons. The van der Waals surface area contributed by atoms with Gasteiger partial charge in [0, 0.05) is 22.8 Å². The van der Waals surface area contributed by atoms with Gasteiger partial charge >= 0.3 is 0 Å². The number of nitrogens with zero attached hydrogens (tertiary/aromatic N) is 3. The first-order chi connectivity index (χ1) is 12.3. The number of hydrogen-bond donors (Lipinski definition) is 0. The van der Waals surface area contributed by atoms with Crippen LogP contribution >= 0.6 is 11.6 Å². The van der Waals surface area contributed by atoms with Gasteiger partial charge in [-0.15, -0.1) is 0 Å². The van der Waals surface area contributed by atoms with Crippen LogP contribution in [0.15, 0.2) is 43.2 Å². The Hall–Kier alpha value is -2.25. The summed E-state index contributed by atoms with van der Waals surface area (Å²) in [5.41, 5.74) is 2.89. The van der Waals surface area contributed by atoms with Crippen molar-refractivity contribution in [3.05, 3.63) is 59.5 Å². The van der Waals surface area contributed by atoms with Gasteiger partial charge in [-0.3, -0.25) is 4.79 Å². The zero-order valence-electron chi connectivity index (χ0n) is 14.2. The number of carbonyl (C=O) groups is 1. The summed E-state index contributed by atoms with van der Waals surface area (Å²) in [4.78, 5) is 22.1. The predicted molar refractivity (Wildman–Crippen MR) is 101 cm³/mol. The van der Waals surface area contributed by atoms with Crippen LogP contribution < -0.4 is 0 Å². The average Bonchev–Trinajstić information content (AvgIpc) is 2.60. The predicted octanol–water partition coefficient (Wildman–Crippen LogP) is 2.59. The number of aromatic nitrogens is 2. The summed E-state index contributed by atoms with van der Waals surface area (Å²) < 4.78 is 24.3. The third-order valence-electron chi connectivity index (χ3n) is 4.29. The molecule has 0 spiro atoms. The van der Waals surface area contributed by atoms with Crippen molar-refractivity contribution in [2.24, 2.45) is 0 Å². The van der Waals surface area contributed by atoms with Gasteiger partial charge in [-0.05, 0) is 42.8 Å². The fraction of sp³-hybridized carbons (Fsp3) is 0.278. The molecule has 1 aromatic carbocycles. The van der Waals surface area contributed by atoms with E-state index in [0.29, 0.717) is 16.3 Å². The highest BCUT2D eigenvalue weighted by atomic mass is 35.5. The van der Waals surface area contributed by atoms with Crippen LogP contribution in [0.25, 0.3) is 11.3 Å². The Labute approximate surface area is 157 Å². The summed E-state index contributed by atoms with van der Waals surface area (Å²) in [6, 6.07) is 6.47. The van der Waals surface area contributed by atoms with Gasteiger partial charge in [0.15, 0.2) is 9.84 Å². The molecule has 3 rings (SSSR count). The Morgan fingerprint density at radius 1 is 1.31 bits per heavy atom. The van der Waals surface area contributed by atoms with Gasteiger partial charge in [0.2, 0.25) is 5.91 Å². The average molecular weight is 392 g/mol. The van der Waals surface area contributed by atoms with Crippen LogP contribution in [0.3, 0.4) is 0 Å². The third-order valence-corrected chi connectivity index (χ3v) is 6.14. The molecule has 1 saturated heterocycles. The van der Waals surface area contributed by atoms with Crippen LogP contribution in [0.4, 0.5) is 0 Å². The minimum absolute atomic E-state index is 0.0540. The standard InChI is InChI=1S/C18H18ClN3O3S/c1-3-18(23)22-4-5-26(24,25)10-17(22)14-7-13(8-15(19)9-14)16-6-12(2)20-11-21-16/h3,6-9,11,17H,1,4-5,10H2,2H3. The van der Waals surface area contributed by atoms with Crippen molar-refractivity contribution in [2.75, 3.05) is 18.1 Å². The molecule has 1 fully saturated rings. The molecule has 2 aromatic rings. The smallest absolute Gasteiger partial charge is 0.246 e. The molecular formula is C18H18ClN3O3S. The van der Waals surface area contributed by atoms with Crippen LogP contribution in [0.1, 0.15) is 17.3 Å². The van der Waals surface area contributed by atoms with E-state index in [1.54, 1.807) is 12.1 Å². The van der Waals surface area contributed by atoms with Crippen molar-refractivity contribution >= 4 is 27.3 Å². The Balaban J connectivity index is 2.08. The number of rotatable bonds is 3. The van der Waals surface area contributed by atoms with Gasteiger partial charge in [-0.2, -0.15) is 0 Å².